The van der Waals surface area contributed by atoms with Crippen LogP contribution < -0.4 is 18.9 Å². The third-order valence-corrected chi connectivity index (χ3v) is 14.1. The van der Waals surface area contributed by atoms with E-state index in [1.54, 1.807) is 77.7 Å². The summed E-state index contributed by atoms with van der Waals surface area (Å²) < 4.78 is 81.4. The highest BCUT2D eigenvalue weighted by Crippen LogP contribution is 2.26. The van der Waals surface area contributed by atoms with Gasteiger partial charge < -0.3 is 28.7 Å². The van der Waals surface area contributed by atoms with E-state index in [1.165, 1.54) is 36.8 Å². The summed E-state index contributed by atoms with van der Waals surface area (Å²) in [6.07, 6.45) is 5.70. The molecule has 0 spiro atoms. The molecular formula is C48H62N8O9S2. The Morgan fingerprint density at radius 1 is 0.537 bits per heavy atom. The monoisotopic (exact) mass is 958 g/mol. The van der Waals surface area contributed by atoms with Crippen LogP contribution in [0.3, 0.4) is 0 Å². The van der Waals surface area contributed by atoms with Crippen molar-refractivity contribution in [1.82, 2.24) is 38.0 Å². The number of likely N-dealkylation sites (N-methyl/N-ethyl adjacent to an activating group) is 2. The number of carbonyl (C=O) groups excluding carboxylic acids is 1. The fourth-order valence-corrected chi connectivity index (χ4v) is 9.67. The van der Waals surface area contributed by atoms with Crippen molar-refractivity contribution in [3.63, 3.8) is 0 Å². The fourth-order valence-electron chi connectivity index (χ4n) is 6.95. The van der Waals surface area contributed by atoms with Gasteiger partial charge in [-0.2, -0.15) is 18.8 Å². The number of sulfonamides is 2. The number of benzene rings is 4. The molecule has 0 fully saturated rings. The van der Waals surface area contributed by atoms with Crippen LogP contribution in [0.1, 0.15) is 36.1 Å². The second-order valence-electron chi connectivity index (χ2n) is 16.8. The van der Waals surface area contributed by atoms with Crippen molar-refractivity contribution in [2.45, 2.75) is 61.9 Å². The van der Waals surface area contributed by atoms with Gasteiger partial charge in [-0.05, 0) is 98.7 Å². The first kappa shape index (κ1) is 51.7. The summed E-state index contributed by atoms with van der Waals surface area (Å²) in [7, 11) is 5.86. The van der Waals surface area contributed by atoms with Crippen molar-refractivity contribution >= 4 is 26.0 Å². The molecule has 0 aliphatic rings. The smallest absolute Gasteiger partial charge is 0.246 e. The number of aromatic nitrogens is 4. The lowest BCUT2D eigenvalue weighted by atomic mass is 10.1. The molecule has 0 saturated heterocycles. The summed E-state index contributed by atoms with van der Waals surface area (Å²) >= 11 is 0. The molecule has 0 N–H and O–H groups in total. The number of carbonyl (C=O) groups is 1. The van der Waals surface area contributed by atoms with Crippen LogP contribution >= 0.6 is 0 Å². The number of methoxy groups -OCH3 is 4. The number of ether oxygens (including phenoxy) is 4. The standard InChI is InChI=1S/C25H34N4O4S.C23H28N4O5S/c1-25(2,19-27(3)4)29-18-24(15-26-29)34(30,31)28(16-20-7-11-22(32-5)12-8-20)17-21-9-13-23(33-6)14-10-21;1-25(2)23(28)17-26-16-22(13-24-26)33(29,30)27(14-18-5-9-20(31-3)10-6-18)15-19-7-11-21(32-4)12-8-19/h7-15,18H,16-17,19H2,1-6H3;5-13,16H,14-15,17H2,1-4H3. The molecule has 0 saturated carbocycles. The number of nitrogens with zero attached hydrogens (tertiary/aromatic N) is 8. The molecule has 2 heterocycles. The second-order valence-corrected chi connectivity index (χ2v) is 20.6. The normalized spacial score (nSPS) is 11.9. The predicted octanol–water partition coefficient (Wildman–Crippen LogP) is 5.97. The Morgan fingerprint density at radius 3 is 1.18 bits per heavy atom. The first-order chi connectivity index (χ1) is 31.8. The van der Waals surface area contributed by atoms with Gasteiger partial charge in [0, 0.05) is 59.2 Å². The van der Waals surface area contributed by atoms with Gasteiger partial charge in [0.15, 0.2) is 0 Å². The Hall–Kier alpha value is -6.25. The van der Waals surface area contributed by atoms with Gasteiger partial charge in [0.2, 0.25) is 26.0 Å². The maximum atomic E-state index is 13.8. The van der Waals surface area contributed by atoms with Gasteiger partial charge in [-0.1, -0.05) is 48.5 Å². The molecule has 6 aromatic rings. The van der Waals surface area contributed by atoms with Crippen LogP contribution in [-0.2, 0) is 63.1 Å². The van der Waals surface area contributed by atoms with Crippen LogP contribution in [0.4, 0.5) is 0 Å². The molecule has 4 aromatic carbocycles. The van der Waals surface area contributed by atoms with E-state index < -0.39 is 20.0 Å². The van der Waals surface area contributed by atoms with Gasteiger partial charge in [0.25, 0.3) is 0 Å². The van der Waals surface area contributed by atoms with E-state index in [-0.39, 0.29) is 54.0 Å². The molecule has 2 aromatic heterocycles. The van der Waals surface area contributed by atoms with Crippen LogP contribution in [0, 0.1) is 0 Å². The summed E-state index contributed by atoms with van der Waals surface area (Å²) in [5.41, 5.74) is 2.97. The third-order valence-electron chi connectivity index (χ3n) is 10.6. The predicted molar refractivity (Wildman–Crippen MR) is 256 cm³/mol. The highest BCUT2D eigenvalue weighted by molar-refractivity contribution is 7.89. The Balaban J connectivity index is 0.000000251. The van der Waals surface area contributed by atoms with Crippen molar-refractivity contribution in [3.8, 4) is 23.0 Å². The molecule has 1 amide bonds. The largest absolute Gasteiger partial charge is 0.497 e. The van der Waals surface area contributed by atoms with Gasteiger partial charge >= 0.3 is 0 Å². The van der Waals surface area contributed by atoms with E-state index in [9.17, 15) is 21.6 Å². The summed E-state index contributed by atoms with van der Waals surface area (Å²) in [6, 6.07) is 29.3. The zero-order valence-electron chi connectivity index (χ0n) is 39.9. The van der Waals surface area contributed by atoms with Gasteiger partial charge in [-0.25, -0.2) is 16.8 Å². The van der Waals surface area contributed by atoms with Gasteiger partial charge in [0.1, 0.15) is 39.3 Å². The highest BCUT2D eigenvalue weighted by Gasteiger charge is 2.30. The molecule has 0 bridgehead atoms. The van der Waals surface area contributed by atoms with Crippen molar-refractivity contribution in [1.29, 1.82) is 0 Å². The molecular weight excluding hydrogens is 897 g/mol. The van der Waals surface area contributed by atoms with Crippen molar-refractivity contribution < 1.29 is 40.6 Å². The Bertz CT molecular complexity index is 2620. The van der Waals surface area contributed by atoms with Crippen LogP contribution in [0.2, 0.25) is 0 Å². The lowest BCUT2D eigenvalue weighted by Gasteiger charge is -2.28. The van der Waals surface area contributed by atoms with E-state index in [0.29, 0.717) is 11.5 Å². The summed E-state index contributed by atoms with van der Waals surface area (Å²) in [5.74, 6) is 2.64. The van der Waals surface area contributed by atoms with Gasteiger partial charge in [0.05, 0.1) is 46.4 Å². The number of amides is 1. The minimum Gasteiger partial charge on any atom is -0.497 e. The van der Waals surface area contributed by atoms with Crippen molar-refractivity contribution in [2.24, 2.45) is 0 Å². The molecule has 67 heavy (non-hydrogen) atoms. The molecule has 19 heteroatoms. The lowest BCUT2D eigenvalue weighted by Crippen LogP contribution is -2.38. The Kier molecular flexibility index (Phi) is 17.7. The third kappa shape index (κ3) is 14.1. The zero-order chi connectivity index (χ0) is 48.9. The minimum atomic E-state index is -3.90. The number of hydrogen-bond acceptors (Lipinski definition) is 12. The molecule has 0 aliphatic heterocycles. The summed E-state index contributed by atoms with van der Waals surface area (Å²) in [4.78, 5) is 15.6. The number of hydrogen-bond donors (Lipinski definition) is 0. The average molecular weight is 959 g/mol. The maximum Gasteiger partial charge on any atom is 0.246 e. The molecule has 0 aliphatic carbocycles. The van der Waals surface area contributed by atoms with Gasteiger partial charge in [-0.3, -0.25) is 14.2 Å². The fraction of sp³-hybridized carbons (Fsp3) is 0.354. The molecule has 0 unspecified atom stereocenters. The molecule has 360 valence electrons. The topological polar surface area (TPSA) is 171 Å². The van der Waals surface area contributed by atoms with Crippen LogP contribution in [0.15, 0.2) is 132 Å². The number of rotatable bonds is 21. The van der Waals surface area contributed by atoms with E-state index in [0.717, 1.165) is 40.3 Å². The Labute approximate surface area is 395 Å². The average Bonchev–Trinajstić information content (AvgIpc) is 4.02. The van der Waals surface area contributed by atoms with E-state index in [4.69, 9.17) is 18.9 Å². The van der Waals surface area contributed by atoms with E-state index >= 15 is 0 Å². The summed E-state index contributed by atoms with van der Waals surface area (Å²) in [5, 5.41) is 8.48. The molecule has 0 radical (unpaired) electrons. The molecule has 17 nitrogen and oxygen atoms in total. The van der Waals surface area contributed by atoms with Crippen LogP contribution in [0.25, 0.3) is 0 Å². The van der Waals surface area contributed by atoms with Crippen LogP contribution in [-0.4, -0.2) is 124 Å². The maximum absolute atomic E-state index is 13.8. The first-order valence-electron chi connectivity index (χ1n) is 21.2. The molecule has 0 atom stereocenters. The minimum absolute atomic E-state index is 0.0241. The van der Waals surface area contributed by atoms with Gasteiger partial charge in [-0.15, -0.1) is 0 Å². The zero-order valence-corrected chi connectivity index (χ0v) is 41.5. The van der Waals surface area contributed by atoms with Crippen molar-refractivity contribution in [2.75, 3.05) is 63.2 Å². The summed E-state index contributed by atoms with van der Waals surface area (Å²) in [6.45, 7) is 5.47. The second kappa shape index (κ2) is 23.0. The molecule has 6 rings (SSSR count). The first-order valence-corrected chi connectivity index (χ1v) is 24.1. The Morgan fingerprint density at radius 2 is 0.866 bits per heavy atom. The van der Waals surface area contributed by atoms with E-state index in [2.05, 4.69) is 15.1 Å². The highest BCUT2D eigenvalue weighted by atomic mass is 32.2. The van der Waals surface area contributed by atoms with E-state index in [1.807, 2.05) is 101 Å². The quantitative estimate of drug-likeness (QED) is 0.0830. The van der Waals surface area contributed by atoms with Crippen LogP contribution in [0.5, 0.6) is 23.0 Å². The lowest BCUT2D eigenvalue weighted by molar-refractivity contribution is -0.129. The SMILES string of the molecule is COc1ccc(CN(Cc2ccc(OC)cc2)S(=O)(=O)c2cnn(C(C)(C)CN(C)C)c2)cc1.COc1ccc(CN(Cc2ccc(OC)cc2)S(=O)(=O)c2cnn(CC(=O)N(C)C)c2)cc1. The van der Waals surface area contributed by atoms with Crippen molar-refractivity contribution in [3.05, 3.63) is 144 Å².